The van der Waals surface area contributed by atoms with E-state index < -0.39 is 0 Å². The summed E-state index contributed by atoms with van der Waals surface area (Å²) >= 11 is 0. The largest absolute Gasteiger partial charge is 0.298 e. The van der Waals surface area contributed by atoms with Gasteiger partial charge in [-0.1, -0.05) is 6.42 Å². The zero-order chi connectivity index (χ0) is 14.6. The van der Waals surface area contributed by atoms with Crippen molar-refractivity contribution in [3.05, 3.63) is 28.7 Å². The van der Waals surface area contributed by atoms with Crippen LogP contribution in [0, 0.1) is 13.8 Å². The molecule has 0 amide bonds. The molecule has 1 saturated carbocycles. The van der Waals surface area contributed by atoms with Crippen LogP contribution < -0.4 is 0 Å². The number of aryl methyl sites for hydroxylation is 1. The summed E-state index contributed by atoms with van der Waals surface area (Å²) in [5.41, 5.74) is 6.14. The molecular formula is C17H24N4. The minimum atomic E-state index is 0.466. The lowest BCUT2D eigenvalue weighted by Crippen LogP contribution is -2.29. The van der Waals surface area contributed by atoms with Crippen LogP contribution in [-0.4, -0.2) is 33.1 Å². The molecule has 1 saturated heterocycles. The quantitative estimate of drug-likeness (QED) is 0.847. The van der Waals surface area contributed by atoms with E-state index in [1.807, 2.05) is 0 Å². The van der Waals surface area contributed by atoms with Gasteiger partial charge in [0, 0.05) is 17.7 Å². The van der Waals surface area contributed by atoms with Crippen molar-refractivity contribution >= 4 is 5.65 Å². The number of piperidine rings is 1. The van der Waals surface area contributed by atoms with Gasteiger partial charge in [0.1, 0.15) is 0 Å². The standard InChI is InChI=1S/C17H24N4/c1-11-12(2)18-16-10-14(15-6-4-5-9-20(15)3)19-21(16)17(11)13-7-8-13/h10,13,15H,4-9H2,1-3H3/t15-/m0/s1. The Morgan fingerprint density at radius 1 is 1.14 bits per heavy atom. The van der Waals surface area contributed by atoms with Gasteiger partial charge in [-0.25, -0.2) is 9.50 Å². The van der Waals surface area contributed by atoms with Crippen molar-refractivity contribution in [3.8, 4) is 0 Å². The van der Waals surface area contributed by atoms with E-state index in [9.17, 15) is 0 Å². The first-order valence-electron chi connectivity index (χ1n) is 8.22. The molecule has 0 unspecified atom stereocenters. The van der Waals surface area contributed by atoms with Crippen molar-refractivity contribution in [3.63, 3.8) is 0 Å². The molecule has 0 bridgehead atoms. The van der Waals surface area contributed by atoms with Gasteiger partial charge >= 0.3 is 0 Å². The molecule has 1 aliphatic heterocycles. The van der Waals surface area contributed by atoms with Crippen LogP contribution in [-0.2, 0) is 0 Å². The second kappa shape index (κ2) is 4.80. The molecule has 3 heterocycles. The predicted octanol–water partition coefficient (Wildman–Crippen LogP) is 3.38. The summed E-state index contributed by atoms with van der Waals surface area (Å²) in [4.78, 5) is 7.21. The maximum Gasteiger partial charge on any atom is 0.155 e. The Morgan fingerprint density at radius 3 is 2.67 bits per heavy atom. The molecule has 0 radical (unpaired) electrons. The number of hydrogen-bond acceptors (Lipinski definition) is 3. The number of likely N-dealkylation sites (tertiary alicyclic amines) is 1. The molecule has 2 aliphatic rings. The fourth-order valence-electron chi connectivity index (χ4n) is 3.69. The summed E-state index contributed by atoms with van der Waals surface area (Å²) in [6.45, 7) is 5.50. The van der Waals surface area contributed by atoms with Crippen molar-refractivity contribution in [1.82, 2.24) is 19.5 Å². The van der Waals surface area contributed by atoms with E-state index in [1.54, 1.807) is 0 Å². The summed E-state index contributed by atoms with van der Waals surface area (Å²) in [6.07, 6.45) is 6.45. The Bertz CT molecular complexity index is 684. The van der Waals surface area contributed by atoms with E-state index in [0.717, 1.165) is 11.3 Å². The monoisotopic (exact) mass is 284 g/mol. The third kappa shape index (κ3) is 2.16. The van der Waals surface area contributed by atoms with Crippen molar-refractivity contribution in [2.45, 2.75) is 57.9 Å². The highest BCUT2D eigenvalue weighted by atomic mass is 15.3. The van der Waals surface area contributed by atoms with Crippen molar-refractivity contribution in [1.29, 1.82) is 0 Å². The number of nitrogens with zero attached hydrogens (tertiary/aromatic N) is 4. The zero-order valence-electron chi connectivity index (χ0n) is 13.3. The summed E-state index contributed by atoms with van der Waals surface area (Å²) in [6, 6.07) is 2.68. The topological polar surface area (TPSA) is 33.4 Å². The molecule has 2 aromatic rings. The lowest BCUT2D eigenvalue weighted by atomic mass is 10.0. The molecule has 2 aromatic heterocycles. The first kappa shape index (κ1) is 13.3. The third-order valence-electron chi connectivity index (χ3n) is 5.22. The summed E-state index contributed by atoms with van der Waals surface area (Å²) in [7, 11) is 2.22. The molecule has 4 heteroatoms. The molecule has 1 aliphatic carbocycles. The average Bonchev–Trinajstić information content (AvgIpc) is 3.21. The van der Waals surface area contributed by atoms with Crippen molar-refractivity contribution in [2.75, 3.05) is 13.6 Å². The average molecular weight is 284 g/mol. The molecule has 4 rings (SSSR count). The highest BCUT2D eigenvalue weighted by molar-refractivity contribution is 5.46. The summed E-state index contributed by atoms with van der Waals surface area (Å²) in [5, 5.41) is 4.96. The first-order valence-corrected chi connectivity index (χ1v) is 8.22. The second-order valence-electron chi connectivity index (χ2n) is 6.81. The lowest BCUT2D eigenvalue weighted by molar-refractivity contribution is 0.183. The van der Waals surface area contributed by atoms with Gasteiger partial charge in [-0.2, -0.15) is 5.10 Å². The van der Waals surface area contributed by atoms with Gasteiger partial charge in [-0.3, -0.25) is 4.90 Å². The van der Waals surface area contributed by atoms with Crippen LogP contribution in [0.5, 0.6) is 0 Å². The smallest absolute Gasteiger partial charge is 0.155 e. The van der Waals surface area contributed by atoms with Crippen molar-refractivity contribution < 1.29 is 0 Å². The molecular weight excluding hydrogens is 260 g/mol. The number of hydrogen-bond donors (Lipinski definition) is 0. The molecule has 21 heavy (non-hydrogen) atoms. The van der Waals surface area contributed by atoms with Crippen LogP contribution >= 0.6 is 0 Å². The van der Waals surface area contributed by atoms with Gasteiger partial charge in [-0.05, 0) is 58.7 Å². The Kier molecular flexibility index (Phi) is 3.03. The fraction of sp³-hybridized carbons (Fsp3) is 0.647. The van der Waals surface area contributed by atoms with Crippen LogP contribution in [0.15, 0.2) is 6.07 Å². The van der Waals surface area contributed by atoms with Gasteiger partial charge in [-0.15, -0.1) is 0 Å². The van der Waals surface area contributed by atoms with Crippen LogP contribution in [0.1, 0.15) is 66.7 Å². The fourth-order valence-corrected chi connectivity index (χ4v) is 3.69. The van der Waals surface area contributed by atoms with Gasteiger partial charge in [0.2, 0.25) is 0 Å². The Balaban J connectivity index is 1.84. The van der Waals surface area contributed by atoms with Crippen LogP contribution in [0.25, 0.3) is 5.65 Å². The summed E-state index contributed by atoms with van der Waals surface area (Å²) < 4.78 is 2.14. The third-order valence-corrected chi connectivity index (χ3v) is 5.22. The minimum absolute atomic E-state index is 0.466. The predicted molar refractivity (Wildman–Crippen MR) is 83.7 cm³/mol. The van der Waals surface area contributed by atoms with Crippen LogP contribution in [0.3, 0.4) is 0 Å². The highest BCUT2D eigenvalue weighted by Crippen LogP contribution is 2.42. The Hall–Kier alpha value is -1.42. The van der Waals surface area contributed by atoms with Gasteiger partial charge < -0.3 is 0 Å². The van der Waals surface area contributed by atoms with E-state index in [-0.39, 0.29) is 0 Å². The number of fused-ring (bicyclic) bond motifs is 1. The van der Waals surface area contributed by atoms with E-state index >= 15 is 0 Å². The van der Waals surface area contributed by atoms with Crippen molar-refractivity contribution in [2.24, 2.45) is 0 Å². The van der Waals surface area contributed by atoms with Gasteiger partial charge in [0.15, 0.2) is 5.65 Å². The zero-order valence-corrected chi connectivity index (χ0v) is 13.3. The van der Waals surface area contributed by atoms with Gasteiger partial charge in [0.05, 0.1) is 17.4 Å². The molecule has 0 spiro atoms. The SMILES string of the molecule is Cc1nc2cc([C@@H]3CCCCN3C)nn2c(C2CC2)c1C. The molecule has 4 nitrogen and oxygen atoms in total. The molecule has 0 aromatic carbocycles. The molecule has 1 atom stereocenters. The molecule has 112 valence electrons. The number of rotatable bonds is 2. The van der Waals surface area contributed by atoms with Gasteiger partial charge in [0.25, 0.3) is 0 Å². The maximum atomic E-state index is 4.96. The highest BCUT2D eigenvalue weighted by Gasteiger charge is 2.31. The normalized spacial score (nSPS) is 23.9. The van der Waals surface area contributed by atoms with E-state index in [1.165, 1.54) is 55.6 Å². The van der Waals surface area contributed by atoms with E-state index in [0.29, 0.717) is 12.0 Å². The first-order chi connectivity index (χ1) is 10.1. The second-order valence-corrected chi connectivity index (χ2v) is 6.81. The van der Waals surface area contributed by atoms with Crippen LogP contribution in [0.4, 0.5) is 0 Å². The van der Waals surface area contributed by atoms with E-state index in [4.69, 9.17) is 10.1 Å². The Labute approximate surface area is 126 Å². The minimum Gasteiger partial charge on any atom is -0.298 e. The lowest BCUT2D eigenvalue weighted by Gasteiger charge is -2.30. The maximum absolute atomic E-state index is 4.96. The Morgan fingerprint density at radius 2 is 1.95 bits per heavy atom. The molecule has 0 N–H and O–H groups in total. The van der Waals surface area contributed by atoms with Crippen LogP contribution in [0.2, 0.25) is 0 Å². The van der Waals surface area contributed by atoms with E-state index in [2.05, 4.69) is 36.4 Å². The number of aromatic nitrogens is 3. The molecule has 2 fully saturated rings. The summed E-state index contributed by atoms with van der Waals surface area (Å²) in [5.74, 6) is 0.700.